The monoisotopic (exact) mass is 182 g/mol. The maximum atomic E-state index is 11.4. The second-order valence-electron chi connectivity index (χ2n) is 3.73. The van der Waals surface area contributed by atoms with Gasteiger partial charge in [0.1, 0.15) is 11.6 Å². The Kier molecular flexibility index (Phi) is 2.89. The molecule has 1 aliphatic heterocycles. The molecule has 0 radical (unpaired) electrons. The minimum atomic E-state index is -0.803. The van der Waals surface area contributed by atoms with Gasteiger partial charge in [-0.15, -0.1) is 0 Å². The Hall–Kier alpha value is -1.08. The molecule has 0 bridgehead atoms. The number of ether oxygens (including phenoxy) is 1. The van der Waals surface area contributed by atoms with Crippen molar-refractivity contribution >= 4 is 5.91 Å². The van der Waals surface area contributed by atoms with E-state index < -0.39 is 5.54 Å². The van der Waals surface area contributed by atoms with E-state index >= 15 is 0 Å². The van der Waals surface area contributed by atoms with Crippen LogP contribution < -0.4 is 5.32 Å². The van der Waals surface area contributed by atoms with Crippen molar-refractivity contribution in [1.29, 1.82) is 5.26 Å². The van der Waals surface area contributed by atoms with Gasteiger partial charge in [0.2, 0.25) is 5.91 Å². The van der Waals surface area contributed by atoms with Gasteiger partial charge >= 0.3 is 0 Å². The van der Waals surface area contributed by atoms with Crippen LogP contribution in [0.5, 0.6) is 0 Å². The van der Waals surface area contributed by atoms with E-state index in [-0.39, 0.29) is 12.0 Å². The Balaban J connectivity index is 2.45. The van der Waals surface area contributed by atoms with Gasteiger partial charge in [-0.2, -0.15) is 5.26 Å². The topological polar surface area (TPSA) is 62.1 Å². The summed E-state index contributed by atoms with van der Waals surface area (Å²) in [5, 5.41) is 11.3. The molecule has 0 saturated carbocycles. The van der Waals surface area contributed by atoms with E-state index in [1.807, 2.05) is 6.07 Å². The second kappa shape index (κ2) is 3.75. The summed E-state index contributed by atoms with van der Waals surface area (Å²) in [6, 6.07) is 2.01. The number of amides is 1. The summed E-state index contributed by atoms with van der Waals surface area (Å²) in [6.07, 6.45) is 1.32. The molecule has 1 fully saturated rings. The summed E-state index contributed by atoms with van der Waals surface area (Å²) in [5.74, 6) is -0.177. The van der Waals surface area contributed by atoms with Gasteiger partial charge < -0.3 is 10.1 Å². The van der Waals surface area contributed by atoms with Gasteiger partial charge in [0.15, 0.2) is 0 Å². The predicted molar refractivity (Wildman–Crippen MR) is 46.8 cm³/mol. The molecule has 0 aliphatic carbocycles. The fraction of sp³-hybridized carbons (Fsp3) is 0.778. The van der Waals surface area contributed by atoms with Crippen molar-refractivity contribution in [1.82, 2.24) is 5.32 Å². The molecule has 0 aromatic rings. The van der Waals surface area contributed by atoms with Crippen LogP contribution in [0.3, 0.4) is 0 Å². The standard InChI is InChI=1S/C9H14N2O2/c1-9(2,6-10)11-8(12)7-4-3-5-13-7/h7H,3-5H2,1-2H3,(H,11,12). The Morgan fingerprint density at radius 3 is 2.85 bits per heavy atom. The van der Waals surface area contributed by atoms with Crippen LogP contribution in [-0.4, -0.2) is 24.2 Å². The van der Waals surface area contributed by atoms with Crippen LogP contribution in [0, 0.1) is 11.3 Å². The Labute approximate surface area is 77.9 Å². The quantitative estimate of drug-likeness (QED) is 0.679. The Morgan fingerprint density at radius 1 is 1.69 bits per heavy atom. The van der Waals surface area contributed by atoms with Crippen molar-refractivity contribution in [2.24, 2.45) is 0 Å². The van der Waals surface area contributed by atoms with E-state index in [9.17, 15) is 4.79 Å². The molecule has 1 rings (SSSR count). The van der Waals surface area contributed by atoms with Crippen molar-refractivity contribution in [3.8, 4) is 6.07 Å². The van der Waals surface area contributed by atoms with Crippen LogP contribution in [0.4, 0.5) is 0 Å². The molecular formula is C9H14N2O2. The van der Waals surface area contributed by atoms with Gasteiger partial charge in [-0.1, -0.05) is 0 Å². The first kappa shape index (κ1) is 10.0. The van der Waals surface area contributed by atoms with Crippen LogP contribution in [0.1, 0.15) is 26.7 Å². The molecule has 1 aliphatic rings. The zero-order valence-electron chi connectivity index (χ0n) is 7.96. The lowest BCUT2D eigenvalue weighted by atomic mass is 10.1. The number of nitriles is 1. The van der Waals surface area contributed by atoms with Crippen molar-refractivity contribution in [2.45, 2.75) is 38.3 Å². The van der Waals surface area contributed by atoms with E-state index in [0.717, 1.165) is 12.8 Å². The van der Waals surface area contributed by atoms with Crippen LogP contribution in [0.2, 0.25) is 0 Å². The van der Waals surface area contributed by atoms with Crippen LogP contribution in [-0.2, 0) is 9.53 Å². The van der Waals surface area contributed by atoms with Gasteiger partial charge in [-0.3, -0.25) is 4.79 Å². The third-order valence-corrected chi connectivity index (χ3v) is 1.94. The molecular weight excluding hydrogens is 168 g/mol. The van der Waals surface area contributed by atoms with Gasteiger partial charge in [-0.05, 0) is 26.7 Å². The maximum absolute atomic E-state index is 11.4. The van der Waals surface area contributed by atoms with E-state index in [1.165, 1.54) is 0 Å². The van der Waals surface area contributed by atoms with Crippen molar-refractivity contribution in [3.05, 3.63) is 0 Å². The van der Waals surface area contributed by atoms with E-state index in [0.29, 0.717) is 6.61 Å². The molecule has 1 amide bonds. The highest BCUT2D eigenvalue weighted by atomic mass is 16.5. The zero-order chi connectivity index (χ0) is 9.90. The first-order valence-corrected chi connectivity index (χ1v) is 4.40. The van der Waals surface area contributed by atoms with E-state index in [4.69, 9.17) is 10.00 Å². The molecule has 4 nitrogen and oxygen atoms in total. The normalized spacial score (nSPS) is 22.4. The predicted octanol–water partition coefficient (Wildman–Crippen LogP) is 0.584. The number of carbonyl (C=O) groups is 1. The van der Waals surface area contributed by atoms with Crippen molar-refractivity contribution < 1.29 is 9.53 Å². The lowest BCUT2D eigenvalue weighted by Crippen LogP contribution is -2.46. The van der Waals surface area contributed by atoms with Crippen LogP contribution >= 0.6 is 0 Å². The Bertz CT molecular complexity index is 236. The van der Waals surface area contributed by atoms with Crippen molar-refractivity contribution in [3.63, 3.8) is 0 Å². The highest BCUT2D eigenvalue weighted by molar-refractivity contribution is 5.82. The number of rotatable bonds is 2. The first-order valence-electron chi connectivity index (χ1n) is 4.40. The zero-order valence-corrected chi connectivity index (χ0v) is 7.96. The molecule has 1 atom stereocenters. The molecule has 1 N–H and O–H groups in total. The summed E-state index contributed by atoms with van der Waals surface area (Å²) >= 11 is 0. The average molecular weight is 182 g/mol. The van der Waals surface area contributed by atoms with Crippen molar-refractivity contribution in [2.75, 3.05) is 6.61 Å². The van der Waals surface area contributed by atoms with Gasteiger partial charge in [0, 0.05) is 6.61 Å². The van der Waals surface area contributed by atoms with Gasteiger partial charge in [0.05, 0.1) is 6.07 Å². The molecule has 0 spiro atoms. The molecule has 1 unspecified atom stereocenters. The van der Waals surface area contributed by atoms with Gasteiger partial charge in [0.25, 0.3) is 0 Å². The number of hydrogen-bond acceptors (Lipinski definition) is 3. The molecule has 13 heavy (non-hydrogen) atoms. The highest BCUT2D eigenvalue weighted by Crippen LogP contribution is 2.13. The summed E-state index contributed by atoms with van der Waals surface area (Å²) in [5.41, 5.74) is -0.803. The minimum Gasteiger partial charge on any atom is -0.368 e. The van der Waals surface area contributed by atoms with Crippen LogP contribution in [0.25, 0.3) is 0 Å². The summed E-state index contributed by atoms with van der Waals surface area (Å²) in [6.45, 7) is 3.98. The first-order chi connectivity index (χ1) is 6.05. The molecule has 0 aromatic heterocycles. The number of hydrogen-bond donors (Lipinski definition) is 1. The molecule has 72 valence electrons. The third-order valence-electron chi connectivity index (χ3n) is 1.94. The molecule has 1 saturated heterocycles. The second-order valence-corrected chi connectivity index (χ2v) is 3.73. The summed E-state index contributed by atoms with van der Waals surface area (Å²) in [4.78, 5) is 11.4. The minimum absolute atomic E-state index is 0.177. The fourth-order valence-corrected chi connectivity index (χ4v) is 1.20. The third kappa shape index (κ3) is 2.71. The van der Waals surface area contributed by atoms with Gasteiger partial charge in [-0.25, -0.2) is 0 Å². The lowest BCUT2D eigenvalue weighted by molar-refractivity contribution is -0.131. The molecule has 4 heteroatoms. The largest absolute Gasteiger partial charge is 0.368 e. The maximum Gasteiger partial charge on any atom is 0.250 e. The molecule has 1 heterocycles. The summed E-state index contributed by atoms with van der Waals surface area (Å²) in [7, 11) is 0. The highest BCUT2D eigenvalue weighted by Gasteiger charge is 2.28. The number of nitrogens with zero attached hydrogens (tertiary/aromatic N) is 1. The van der Waals surface area contributed by atoms with Crippen LogP contribution in [0.15, 0.2) is 0 Å². The average Bonchev–Trinajstić information content (AvgIpc) is 2.55. The van der Waals surface area contributed by atoms with E-state index in [2.05, 4.69) is 5.32 Å². The number of carbonyl (C=O) groups excluding carboxylic acids is 1. The Morgan fingerprint density at radius 2 is 2.38 bits per heavy atom. The van der Waals surface area contributed by atoms with E-state index in [1.54, 1.807) is 13.8 Å². The summed E-state index contributed by atoms with van der Waals surface area (Å²) < 4.78 is 5.18. The lowest BCUT2D eigenvalue weighted by Gasteiger charge is -2.19. The molecule has 0 aromatic carbocycles. The smallest absolute Gasteiger partial charge is 0.250 e. The fourth-order valence-electron chi connectivity index (χ4n) is 1.20. The number of nitrogens with one attached hydrogen (secondary N) is 1. The SMILES string of the molecule is CC(C)(C#N)NC(=O)C1CCCO1.